The number of hydrogen-bond acceptors (Lipinski definition) is 5. The molecule has 0 unspecified atom stereocenters. The zero-order valence-electron chi connectivity index (χ0n) is 17.3. The number of hydrogen-bond donors (Lipinski definition) is 1. The lowest BCUT2D eigenvalue weighted by Crippen LogP contribution is -2.28. The second-order valence-corrected chi connectivity index (χ2v) is 7.72. The zero-order chi connectivity index (χ0) is 22.2. The molecule has 1 fully saturated rings. The van der Waals surface area contributed by atoms with Crippen molar-refractivity contribution < 1.29 is 17.9 Å². The van der Waals surface area contributed by atoms with Gasteiger partial charge in [0.15, 0.2) is 0 Å². The van der Waals surface area contributed by atoms with Crippen molar-refractivity contribution in [2.24, 2.45) is 0 Å². The molecule has 0 spiro atoms. The number of nitrogens with one attached hydrogen (secondary N) is 1. The standard InChI is InChI=1S/C22H23F3N4O2/c1-13-15(4-3-5-18(13)22(23,24)25)11-26-21-17-12-29(16-6-8-31-9-7-16)20(30)10-19(17)27-14(2)28-21/h3-5,10,12,16H,6-9,11H2,1-2H3,(H,26,27,28). The normalized spacial score (nSPS) is 15.4. The minimum atomic E-state index is -4.40. The van der Waals surface area contributed by atoms with Gasteiger partial charge in [0, 0.05) is 38.1 Å². The number of alkyl halides is 3. The molecule has 2 aromatic heterocycles. The molecule has 3 aromatic rings. The summed E-state index contributed by atoms with van der Waals surface area (Å²) in [6.07, 6.45) is -1.18. The summed E-state index contributed by atoms with van der Waals surface area (Å²) in [5.41, 5.74) is 0.416. The van der Waals surface area contributed by atoms with Gasteiger partial charge in [-0.25, -0.2) is 9.97 Å². The van der Waals surface area contributed by atoms with Gasteiger partial charge in [-0.2, -0.15) is 13.2 Å². The molecule has 1 saturated heterocycles. The molecule has 6 nitrogen and oxygen atoms in total. The van der Waals surface area contributed by atoms with E-state index in [1.807, 2.05) is 0 Å². The first-order valence-corrected chi connectivity index (χ1v) is 10.1. The molecule has 0 amide bonds. The van der Waals surface area contributed by atoms with Crippen LogP contribution >= 0.6 is 0 Å². The van der Waals surface area contributed by atoms with Crippen molar-refractivity contribution in [3.63, 3.8) is 0 Å². The lowest BCUT2D eigenvalue weighted by molar-refractivity contribution is -0.138. The van der Waals surface area contributed by atoms with Crippen LogP contribution in [0, 0.1) is 13.8 Å². The first-order chi connectivity index (χ1) is 14.7. The van der Waals surface area contributed by atoms with Crippen LogP contribution in [0.1, 0.15) is 41.4 Å². The fourth-order valence-corrected chi connectivity index (χ4v) is 3.98. The van der Waals surface area contributed by atoms with Crippen LogP contribution in [0.15, 0.2) is 35.3 Å². The molecule has 4 rings (SSSR count). The summed E-state index contributed by atoms with van der Waals surface area (Å²) in [5, 5.41) is 3.81. The van der Waals surface area contributed by atoms with Crippen LogP contribution in [0.3, 0.4) is 0 Å². The molecule has 0 atom stereocenters. The molecule has 0 aliphatic carbocycles. The predicted octanol–water partition coefficient (Wildman–Crippen LogP) is 4.39. The predicted molar refractivity (Wildman–Crippen MR) is 111 cm³/mol. The highest BCUT2D eigenvalue weighted by Crippen LogP contribution is 2.33. The average Bonchev–Trinajstić information content (AvgIpc) is 2.72. The monoisotopic (exact) mass is 432 g/mol. The lowest BCUT2D eigenvalue weighted by Gasteiger charge is -2.24. The van der Waals surface area contributed by atoms with E-state index in [0.29, 0.717) is 41.3 Å². The highest BCUT2D eigenvalue weighted by Gasteiger charge is 2.32. The molecule has 0 saturated carbocycles. The van der Waals surface area contributed by atoms with Gasteiger partial charge in [0.25, 0.3) is 5.56 Å². The van der Waals surface area contributed by atoms with Gasteiger partial charge < -0.3 is 14.6 Å². The van der Waals surface area contributed by atoms with E-state index in [2.05, 4.69) is 15.3 Å². The van der Waals surface area contributed by atoms with Gasteiger partial charge in [-0.3, -0.25) is 4.79 Å². The van der Waals surface area contributed by atoms with Crippen LogP contribution in [0.5, 0.6) is 0 Å². The molecule has 1 aromatic carbocycles. The van der Waals surface area contributed by atoms with Gasteiger partial charge in [0.1, 0.15) is 11.6 Å². The van der Waals surface area contributed by atoms with Crippen LogP contribution in [0.25, 0.3) is 10.9 Å². The van der Waals surface area contributed by atoms with E-state index in [9.17, 15) is 18.0 Å². The van der Waals surface area contributed by atoms with Gasteiger partial charge in [-0.1, -0.05) is 12.1 Å². The Hall–Kier alpha value is -2.94. The topological polar surface area (TPSA) is 69.0 Å². The Balaban J connectivity index is 1.70. The number of benzene rings is 1. The maximum atomic E-state index is 13.2. The Morgan fingerprint density at radius 2 is 1.94 bits per heavy atom. The first-order valence-electron chi connectivity index (χ1n) is 10.1. The highest BCUT2D eigenvalue weighted by molar-refractivity contribution is 5.88. The number of anilines is 1. The Kier molecular flexibility index (Phi) is 5.70. The minimum absolute atomic E-state index is 0.0329. The van der Waals surface area contributed by atoms with Crippen molar-refractivity contribution in [3.8, 4) is 0 Å². The van der Waals surface area contributed by atoms with Gasteiger partial charge in [-0.05, 0) is 43.9 Å². The Bertz CT molecular complexity index is 1170. The summed E-state index contributed by atoms with van der Waals surface area (Å²) in [5.74, 6) is 0.958. The van der Waals surface area contributed by atoms with Crippen LogP contribution in [0.4, 0.5) is 19.0 Å². The number of nitrogens with zero attached hydrogens (tertiary/aromatic N) is 3. The summed E-state index contributed by atoms with van der Waals surface area (Å²) >= 11 is 0. The third-order valence-electron chi connectivity index (χ3n) is 5.65. The van der Waals surface area contributed by atoms with Crippen LogP contribution in [-0.2, 0) is 17.5 Å². The number of pyridine rings is 1. The summed E-state index contributed by atoms with van der Waals surface area (Å²) in [6, 6.07) is 5.66. The first kappa shape index (κ1) is 21.3. The summed E-state index contributed by atoms with van der Waals surface area (Å²) in [7, 11) is 0. The molecular formula is C22H23F3N4O2. The molecule has 9 heteroatoms. The molecule has 0 bridgehead atoms. The summed E-state index contributed by atoms with van der Waals surface area (Å²) in [6.45, 7) is 4.53. The molecule has 1 aliphatic heterocycles. The van der Waals surface area contributed by atoms with Crippen molar-refractivity contribution in [2.45, 2.75) is 45.5 Å². The maximum absolute atomic E-state index is 13.2. The van der Waals surface area contributed by atoms with Crippen LogP contribution in [-0.4, -0.2) is 27.7 Å². The molecular weight excluding hydrogens is 409 g/mol. The Morgan fingerprint density at radius 1 is 1.19 bits per heavy atom. The number of rotatable bonds is 4. The van der Waals surface area contributed by atoms with E-state index in [0.717, 1.165) is 18.9 Å². The van der Waals surface area contributed by atoms with Gasteiger partial charge in [0.2, 0.25) is 0 Å². The number of halogens is 3. The summed E-state index contributed by atoms with van der Waals surface area (Å²) < 4.78 is 46.8. The quantitative estimate of drug-likeness (QED) is 0.662. The second-order valence-electron chi connectivity index (χ2n) is 7.72. The van der Waals surface area contributed by atoms with Gasteiger partial charge in [-0.15, -0.1) is 0 Å². The Labute approximate surface area is 177 Å². The molecule has 164 valence electrons. The number of aryl methyl sites for hydroxylation is 1. The minimum Gasteiger partial charge on any atom is -0.381 e. The van der Waals surface area contributed by atoms with Crippen LogP contribution in [0.2, 0.25) is 0 Å². The number of ether oxygens (including phenoxy) is 1. The van der Waals surface area contributed by atoms with E-state index in [1.165, 1.54) is 19.1 Å². The lowest BCUT2D eigenvalue weighted by atomic mass is 10.0. The molecule has 0 radical (unpaired) electrons. The average molecular weight is 432 g/mol. The van der Waals surface area contributed by atoms with E-state index >= 15 is 0 Å². The van der Waals surface area contributed by atoms with Crippen molar-refractivity contribution in [1.82, 2.24) is 14.5 Å². The van der Waals surface area contributed by atoms with E-state index in [4.69, 9.17) is 4.74 Å². The molecule has 1 aliphatic rings. The SMILES string of the molecule is Cc1nc(NCc2cccc(C(F)(F)F)c2C)c2cn(C3CCOCC3)c(=O)cc2n1. The third-order valence-corrected chi connectivity index (χ3v) is 5.65. The second kappa shape index (κ2) is 8.30. The zero-order valence-corrected chi connectivity index (χ0v) is 17.3. The van der Waals surface area contributed by atoms with Crippen molar-refractivity contribution >= 4 is 16.7 Å². The fourth-order valence-electron chi connectivity index (χ4n) is 3.98. The van der Waals surface area contributed by atoms with E-state index in [-0.39, 0.29) is 23.7 Å². The van der Waals surface area contributed by atoms with Crippen molar-refractivity contribution in [1.29, 1.82) is 0 Å². The largest absolute Gasteiger partial charge is 0.416 e. The smallest absolute Gasteiger partial charge is 0.381 e. The molecule has 31 heavy (non-hydrogen) atoms. The van der Waals surface area contributed by atoms with E-state index in [1.54, 1.807) is 23.8 Å². The van der Waals surface area contributed by atoms with Crippen molar-refractivity contribution in [2.75, 3.05) is 18.5 Å². The van der Waals surface area contributed by atoms with Crippen LogP contribution < -0.4 is 10.9 Å². The Morgan fingerprint density at radius 3 is 2.65 bits per heavy atom. The fraction of sp³-hybridized carbons (Fsp3) is 0.409. The number of aromatic nitrogens is 3. The molecule has 3 heterocycles. The van der Waals surface area contributed by atoms with Crippen molar-refractivity contribution in [3.05, 3.63) is 63.3 Å². The highest BCUT2D eigenvalue weighted by atomic mass is 19.4. The van der Waals surface area contributed by atoms with Gasteiger partial charge in [0.05, 0.1) is 16.5 Å². The number of fused-ring (bicyclic) bond motifs is 1. The summed E-state index contributed by atoms with van der Waals surface area (Å²) in [4.78, 5) is 21.5. The molecule has 1 N–H and O–H groups in total. The maximum Gasteiger partial charge on any atom is 0.416 e. The third kappa shape index (κ3) is 4.41. The van der Waals surface area contributed by atoms with E-state index < -0.39 is 11.7 Å². The van der Waals surface area contributed by atoms with Gasteiger partial charge >= 0.3 is 6.18 Å².